The Bertz CT molecular complexity index is 1110. The molecule has 3 heterocycles. The van der Waals surface area contributed by atoms with Gasteiger partial charge >= 0.3 is 0 Å². The Hall–Kier alpha value is -2.86. The van der Waals surface area contributed by atoms with Crippen molar-refractivity contribution in [3.8, 4) is 5.95 Å². The summed E-state index contributed by atoms with van der Waals surface area (Å²) in [5.41, 5.74) is 8.66. The molecule has 0 saturated carbocycles. The zero-order valence-electron chi connectivity index (χ0n) is 15.9. The van der Waals surface area contributed by atoms with E-state index in [1.165, 1.54) is 16.0 Å². The number of hydrogen-bond donors (Lipinski definition) is 3. The molecule has 29 heavy (non-hydrogen) atoms. The number of nitrogen functional groups attached to an aromatic ring is 1. The minimum atomic E-state index is -0.511. The largest absolute Gasteiger partial charge is 0.365 e. The molecule has 0 atom stereocenters. The lowest BCUT2D eigenvalue weighted by Gasteiger charge is -2.06. The van der Waals surface area contributed by atoms with Crippen molar-refractivity contribution in [3.05, 3.63) is 33.5 Å². The van der Waals surface area contributed by atoms with Crippen molar-refractivity contribution >= 4 is 39.9 Å². The first kappa shape index (κ1) is 19.5. The average molecular weight is 433 g/mol. The molecule has 0 saturated heterocycles. The van der Waals surface area contributed by atoms with Gasteiger partial charge in [0.25, 0.3) is 11.9 Å². The van der Waals surface area contributed by atoms with Crippen LogP contribution < -0.4 is 16.9 Å². The van der Waals surface area contributed by atoms with Gasteiger partial charge in [0.2, 0.25) is 11.1 Å². The first-order chi connectivity index (χ1) is 13.8. The molecule has 3 aromatic heterocycles. The first-order valence-corrected chi connectivity index (χ1v) is 10.8. The molecule has 3 aromatic rings. The van der Waals surface area contributed by atoms with E-state index in [0.29, 0.717) is 21.7 Å². The molecule has 12 heteroatoms. The second kappa shape index (κ2) is 7.52. The van der Waals surface area contributed by atoms with E-state index >= 15 is 0 Å². The summed E-state index contributed by atoms with van der Waals surface area (Å²) in [6.07, 6.45) is 2.74. The molecule has 1 aliphatic rings. The quantitative estimate of drug-likeness (QED) is 0.391. The van der Waals surface area contributed by atoms with Crippen molar-refractivity contribution in [1.82, 2.24) is 24.7 Å². The van der Waals surface area contributed by atoms with Crippen LogP contribution in [0.3, 0.4) is 0 Å². The van der Waals surface area contributed by atoms with Crippen LogP contribution in [0.2, 0.25) is 0 Å². The second-order valence-corrected chi connectivity index (χ2v) is 8.80. The monoisotopic (exact) mass is 432 g/mol. The highest BCUT2D eigenvalue weighted by Gasteiger charge is 2.26. The van der Waals surface area contributed by atoms with Crippen molar-refractivity contribution in [3.63, 3.8) is 0 Å². The maximum absolute atomic E-state index is 12.4. The normalized spacial score (nSPS) is 12.9. The third kappa shape index (κ3) is 3.60. The fourth-order valence-corrected chi connectivity index (χ4v) is 5.35. The van der Waals surface area contributed by atoms with Gasteiger partial charge in [0.1, 0.15) is 5.00 Å². The first-order valence-electron chi connectivity index (χ1n) is 8.96. The standard InChI is InChI=1S/C17H20N8O2S2/c1-8-6-9(2)25(23-8)16-21-22-17(24(16)19)28-7-12(26)20-15-13(14(18)27)10-4-3-5-11(10)29-15/h6H,3-5,7,19H2,1-2H3,(H2,18,27)(H,20,26). The number of thioether (sulfide) groups is 1. The molecular weight excluding hydrogens is 412 g/mol. The van der Waals surface area contributed by atoms with Crippen LogP contribution in [0.4, 0.5) is 5.00 Å². The minimum Gasteiger partial charge on any atom is -0.365 e. The lowest BCUT2D eigenvalue weighted by molar-refractivity contribution is -0.113. The van der Waals surface area contributed by atoms with Crippen LogP contribution in [-0.2, 0) is 17.6 Å². The van der Waals surface area contributed by atoms with Gasteiger partial charge in [0, 0.05) is 10.6 Å². The molecule has 0 fully saturated rings. The highest BCUT2D eigenvalue weighted by atomic mass is 32.2. The highest BCUT2D eigenvalue weighted by molar-refractivity contribution is 7.99. The number of hydrogen-bond acceptors (Lipinski definition) is 8. The van der Waals surface area contributed by atoms with Crippen molar-refractivity contribution < 1.29 is 9.59 Å². The Morgan fingerprint density at radius 2 is 2.10 bits per heavy atom. The number of nitrogens with one attached hydrogen (secondary N) is 1. The number of carbonyl (C=O) groups is 2. The summed E-state index contributed by atoms with van der Waals surface area (Å²) in [6, 6.07) is 1.91. The Morgan fingerprint density at radius 3 is 2.79 bits per heavy atom. The summed E-state index contributed by atoms with van der Waals surface area (Å²) in [6.45, 7) is 3.77. The molecule has 2 amide bonds. The van der Waals surface area contributed by atoms with E-state index in [1.54, 1.807) is 4.68 Å². The maximum atomic E-state index is 12.4. The third-order valence-electron chi connectivity index (χ3n) is 4.60. The van der Waals surface area contributed by atoms with Gasteiger partial charge in [-0.15, -0.1) is 21.5 Å². The van der Waals surface area contributed by atoms with E-state index < -0.39 is 5.91 Å². The van der Waals surface area contributed by atoms with Gasteiger partial charge in [0.05, 0.1) is 17.0 Å². The predicted molar refractivity (Wildman–Crippen MR) is 111 cm³/mol. The maximum Gasteiger partial charge on any atom is 0.271 e. The molecule has 0 radical (unpaired) electrons. The Labute approximate surface area is 174 Å². The summed E-state index contributed by atoms with van der Waals surface area (Å²) in [5, 5.41) is 16.2. The smallest absolute Gasteiger partial charge is 0.271 e. The molecule has 0 aromatic carbocycles. The number of primary amides is 1. The zero-order chi connectivity index (χ0) is 20.7. The van der Waals surface area contributed by atoms with E-state index in [9.17, 15) is 9.59 Å². The Morgan fingerprint density at radius 1 is 1.31 bits per heavy atom. The summed E-state index contributed by atoms with van der Waals surface area (Å²) in [7, 11) is 0. The van der Waals surface area contributed by atoms with Crippen molar-refractivity contribution in [2.45, 2.75) is 38.3 Å². The van der Waals surface area contributed by atoms with Crippen LogP contribution in [0.5, 0.6) is 0 Å². The van der Waals surface area contributed by atoms with Crippen molar-refractivity contribution in [2.24, 2.45) is 5.73 Å². The van der Waals surface area contributed by atoms with Gasteiger partial charge < -0.3 is 16.9 Å². The van der Waals surface area contributed by atoms with Gasteiger partial charge in [-0.2, -0.15) is 5.10 Å². The molecule has 0 unspecified atom stereocenters. The number of amides is 2. The number of nitrogens with zero attached hydrogens (tertiary/aromatic N) is 5. The van der Waals surface area contributed by atoms with Crippen LogP contribution in [0.1, 0.15) is 38.6 Å². The number of carbonyl (C=O) groups excluding carboxylic acids is 2. The Balaban J connectivity index is 1.45. The summed E-state index contributed by atoms with van der Waals surface area (Å²) in [5.74, 6) is 5.73. The Kier molecular flexibility index (Phi) is 5.04. The second-order valence-electron chi connectivity index (χ2n) is 6.75. The lowest BCUT2D eigenvalue weighted by Crippen LogP contribution is -2.20. The van der Waals surface area contributed by atoms with E-state index in [-0.39, 0.29) is 11.7 Å². The molecule has 1 aliphatic carbocycles. The molecule has 5 N–H and O–H groups in total. The minimum absolute atomic E-state index is 0.0627. The number of nitrogens with two attached hydrogens (primary N) is 2. The number of thiophene rings is 1. The van der Waals surface area contributed by atoms with Gasteiger partial charge in [-0.1, -0.05) is 11.8 Å². The van der Waals surface area contributed by atoms with Gasteiger partial charge in [0.15, 0.2) is 0 Å². The number of aryl methyl sites for hydroxylation is 3. The van der Waals surface area contributed by atoms with Crippen molar-refractivity contribution in [1.29, 1.82) is 0 Å². The van der Waals surface area contributed by atoms with E-state index in [2.05, 4.69) is 20.6 Å². The molecule has 0 aliphatic heterocycles. The van der Waals surface area contributed by atoms with Gasteiger partial charge in [-0.3, -0.25) is 9.59 Å². The van der Waals surface area contributed by atoms with Crippen LogP contribution in [-0.4, -0.2) is 42.2 Å². The highest BCUT2D eigenvalue weighted by Crippen LogP contribution is 2.38. The SMILES string of the molecule is Cc1cc(C)n(-c2nnc(SCC(=O)Nc3sc4c(c3C(N)=O)CCC4)n2N)n1. The zero-order valence-corrected chi connectivity index (χ0v) is 17.6. The van der Waals surface area contributed by atoms with Crippen LogP contribution in [0.15, 0.2) is 11.2 Å². The predicted octanol–water partition coefficient (Wildman–Crippen LogP) is 1.17. The number of anilines is 1. The fourth-order valence-electron chi connectivity index (χ4n) is 3.39. The van der Waals surface area contributed by atoms with Gasteiger partial charge in [-0.25, -0.2) is 9.36 Å². The van der Waals surface area contributed by atoms with Crippen molar-refractivity contribution in [2.75, 3.05) is 16.9 Å². The van der Waals surface area contributed by atoms with E-state index in [1.807, 2.05) is 19.9 Å². The summed E-state index contributed by atoms with van der Waals surface area (Å²) in [4.78, 5) is 25.4. The summed E-state index contributed by atoms with van der Waals surface area (Å²) >= 11 is 2.57. The molecule has 10 nitrogen and oxygen atoms in total. The van der Waals surface area contributed by atoms with E-state index in [0.717, 1.165) is 52.9 Å². The molecule has 0 bridgehead atoms. The van der Waals surface area contributed by atoms with Crippen LogP contribution in [0.25, 0.3) is 5.95 Å². The fraction of sp³-hybridized carbons (Fsp3) is 0.353. The third-order valence-corrected chi connectivity index (χ3v) is 6.75. The average Bonchev–Trinajstić information content (AvgIpc) is 3.37. The van der Waals surface area contributed by atoms with E-state index in [4.69, 9.17) is 11.6 Å². The van der Waals surface area contributed by atoms with Crippen LogP contribution in [0, 0.1) is 13.8 Å². The molecular formula is C17H20N8O2S2. The lowest BCUT2D eigenvalue weighted by atomic mass is 10.1. The summed E-state index contributed by atoms with van der Waals surface area (Å²) < 4.78 is 2.89. The number of aromatic nitrogens is 5. The number of rotatable bonds is 6. The van der Waals surface area contributed by atoms with Gasteiger partial charge in [-0.05, 0) is 44.7 Å². The molecule has 152 valence electrons. The number of fused-ring (bicyclic) bond motifs is 1. The molecule has 4 rings (SSSR count). The molecule has 0 spiro atoms. The van der Waals surface area contributed by atoms with Crippen LogP contribution >= 0.6 is 23.1 Å². The topological polar surface area (TPSA) is 147 Å².